The van der Waals surface area contributed by atoms with E-state index < -0.39 is 5.97 Å². The van der Waals surface area contributed by atoms with E-state index in [9.17, 15) is 4.79 Å². The van der Waals surface area contributed by atoms with Crippen LogP contribution in [0.4, 0.5) is 0 Å². The summed E-state index contributed by atoms with van der Waals surface area (Å²) in [5.74, 6) is 0.615. The van der Waals surface area contributed by atoms with Crippen LogP contribution in [0, 0.1) is 5.41 Å². The molecule has 2 rings (SSSR count). The van der Waals surface area contributed by atoms with Crippen LogP contribution in [0.1, 0.15) is 49.4 Å². The van der Waals surface area contributed by atoms with Crippen molar-refractivity contribution in [2.45, 2.75) is 45.7 Å². The zero-order chi connectivity index (χ0) is 13.2. The molecule has 1 aromatic heterocycles. The van der Waals surface area contributed by atoms with Gasteiger partial charge in [0.05, 0.1) is 13.7 Å². The molecule has 0 aliphatic heterocycles. The molecule has 1 fully saturated rings. The van der Waals surface area contributed by atoms with Gasteiger partial charge in [-0.25, -0.2) is 4.79 Å². The highest BCUT2D eigenvalue weighted by Gasteiger charge is 2.30. The zero-order valence-electron chi connectivity index (χ0n) is 11.3. The molecule has 0 amide bonds. The van der Waals surface area contributed by atoms with E-state index in [0.29, 0.717) is 18.0 Å². The van der Waals surface area contributed by atoms with E-state index >= 15 is 0 Å². The fraction of sp³-hybridized carbons (Fsp3) is 0.643. The summed E-state index contributed by atoms with van der Waals surface area (Å²) in [6, 6.07) is 4.02. The summed E-state index contributed by atoms with van der Waals surface area (Å²) in [6.45, 7) is 5.27. The largest absolute Gasteiger partial charge is 0.463 e. The fourth-order valence-electron chi connectivity index (χ4n) is 2.54. The number of hydrogen-bond donors (Lipinski definition) is 1. The van der Waals surface area contributed by atoms with Crippen molar-refractivity contribution in [3.63, 3.8) is 0 Å². The molecule has 1 heterocycles. The number of furan rings is 1. The lowest BCUT2D eigenvalue weighted by Crippen LogP contribution is -2.26. The number of methoxy groups -OCH3 is 1. The highest BCUT2D eigenvalue weighted by Crippen LogP contribution is 2.36. The molecule has 1 atom stereocenters. The lowest BCUT2D eigenvalue weighted by Gasteiger charge is -2.17. The predicted molar refractivity (Wildman–Crippen MR) is 68.3 cm³/mol. The quantitative estimate of drug-likeness (QED) is 0.836. The Morgan fingerprint density at radius 2 is 2.33 bits per heavy atom. The minimum Gasteiger partial charge on any atom is -0.463 e. The molecule has 0 radical (unpaired) electrons. The normalized spacial score (nSPS) is 22.1. The van der Waals surface area contributed by atoms with Crippen molar-refractivity contribution in [3.8, 4) is 0 Å². The highest BCUT2D eigenvalue weighted by molar-refractivity contribution is 5.86. The van der Waals surface area contributed by atoms with Gasteiger partial charge in [-0.2, -0.15) is 0 Å². The van der Waals surface area contributed by atoms with Crippen molar-refractivity contribution < 1.29 is 13.9 Å². The Kier molecular flexibility index (Phi) is 3.76. The first kappa shape index (κ1) is 13.1. The van der Waals surface area contributed by atoms with E-state index in [1.807, 2.05) is 6.07 Å². The molecular weight excluding hydrogens is 230 g/mol. The van der Waals surface area contributed by atoms with E-state index in [1.54, 1.807) is 6.07 Å². The van der Waals surface area contributed by atoms with Crippen LogP contribution in [0.3, 0.4) is 0 Å². The van der Waals surface area contributed by atoms with Crippen LogP contribution in [0.5, 0.6) is 0 Å². The predicted octanol–water partition coefficient (Wildman–Crippen LogP) is 2.73. The Balaban J connectivity index is 1.84. The van der Waals surface area contributed by atoms with E-state index in [1.165, 1.54) is 26.4 Å². The van der Waals surface area contributed by atoms with Crippen LogP contribution in [-0.4, -0.2) is 19.1 Å². The Hall–Kier alpha value is -1.29. The number of ether oxygens (including phenoxy) is 1. The molecule has 18 heavy (non-hydrogen) atoms. The molecule has 1 N–H and O–H groups in total. The molecule has 1 aliphatic carbocycles. The van der Waals surface area contributed by atoms with Crippen LogP contribution >= 0.6 is 0 Å². The molecule has 4 heteroatoms. The molecule has 0 aromatic carbocycles. The Morgan fingerprint density at radius 1 is 1.56 bits per heavy atom. The molecular formula is C14H21NO3. The third-order valence-electron chi connectivity index (χ3n) is 3.58. The van der Waals surface area contributed by atoms with E-state index in [4.69, 9.17) is 4.42 Å². The monoisotopic (exact) mass is 251 g/mol. The van der Waals surface area contributed by atoms with Crippen molar-refractivity contribution in [2.24, 2.45) is 5.41 Å². The van der Waals surface area contributed by atoms with Gasteiger partial charge in [-0.1, -0.05) is 13.8 Å². The van der Waals surface area contributed by atoms with Gasteiger partial charge in [0, 0.05) is 6.04 Å². The standard InChI is InChI=1S/C14H21NO3/c1-14(2)7-6-10(8-14)15-9-11-4-5-12(18-11)13(16)17-3/h4-5,10,15H,6-9H2,1-3H3. The smallest absolute Gasteiger partial charge is 0.373 e. The SMILES string of the molecule is COC(=O)c1ccc(CNC2CCC(C)(C)C2)o1. The van der Waals surface area contributed by atoms with Crippen LogP contribution in [0.15, 0.2) is 16.5 Å². The lowest BCUT2D eigenvalue weighted by molar-refractivity contribution is 0.0563. The molecule has 0 spiro atoms. The lowest BCUT2D eigenvalue weighted by atomic mass is 9.92. The van der Waals surface area contributed by atoms with Crippen molar-refractivity contribution in [1.29, 1.82) is 0 Å². The van der Waals surface area contributed by atoms with Crippen molar-refractivity contribution >= 4 is 5.97 Å². The maximum absolute atomic E-state index is 11.2. The summed E-state index contributed by atoms with van der Waals surface area (Å²) in [5, 5.41) is 3.48. The van der Waals surface area contributed by atoms with Gasteiger partial charge in [-0.15, -0.1) is 0 Å². The van der Waals surface area contributed by atoms with Gasteiger partial charge in [-0.3, -0.25) is 0 Å². The number of rotatable bonds is 4. The van der Waals surface area contributed by atoms with Crippen LogP contribution in [0.2, 0.25) is 0 Å². The minimum atomic E-state index is -0.428. The topological polar surface area (TPSA) is 51.5 Å². The second-order valence-electron chi connectivity index (χ2n) is 5.74. The third-order valence-corrected chi connectivity index (χ3v) is 3.58. The summed E-state index contributed by atoms with van der Waals surface area (Å²) >= 11 is 0. The van der Waals surface area contributed by atoms with Gasteiger partial charge < -0.3 is 14.5 Å². The van der Waals surface area contributed by atoms with Crippen molar-refractivity contribution in [1.82, 2.24) is 5.32 Å². The summed E-state index contributed by atoms with van der Waals surface area (Å²) in [6.07, 6.45) is 3.66. The van der Waals surface area contributed by atoms with Crippen molar-refractivity contribution in [2.75, 3.05) is 7.11 Å². The molecule has 100 valence electrons. The first-order valence-corrected chi connectivity index (χ1v) is 6.40. The summed E-state index contributed by atoms with van der Waals surface area (Å²) in [5.41, 5.74) is 0.442. The average molecular weight is 251 g/mol. The summed E-state index contributed by atoms with van der Waals surface area (Å²) < 4.78 is 10.0. The Morgan fingerprint density at radius 3 is 2.94 bits per heavy atom. The summed E-state index contributed by atoms with van der Waals surface area (Å²) in [7, 11) is 1.35. The number of hydrogen-bond acceptors (Lipinski definition) is 4. The van der Waals surface area contributed by atoms with Gasteiger partial charge in [0.2, 0.25) is 5.76 Å². The van der Waals surface area contributed by atoms with Gasteiger partial charge in [-0.05, 0) is 36.8 Å². The molecule has 1 aromatic rings. The summed E-state index contributed by atoms with van der Waals surface area (Å²) in [4.78, 5) is 11.2. The van der Waals surface area contributed by atoms with Crippen molar-refractivity contribution in [3.05, 3.63) is 23.7 Å². The minimum absolute atomic E-state index is 0.265. The van der Waals surface area contributed by atoms with Gasteiger partial charge in [0.25, 0.3) is 0 Å². The van der Waals surface area contributed by atoms with Crippen LogP contribution in [-0.2, 0) is 11.3 Å². The van der Waals surface area contributed by atoms with Crippen LogP contribution in [0.25, 0.3) is 0 Å². The number of nitrogens with one attached hydrogen (secondary N) is 1. The maximum Gasteiger partial charge on any atom is 0.373 e. The van der Waals surface area contributed by atoms with E-state index in [2.05, 4.69) is 23.9 Å². The Labute approximate surface area is 108 Å². The molecule has 0 saturated heterocycles. The van der Waals surface area contributed by atoms with E-state index in [0.717, 1.165) is 5.76 Å². The van der Waals surface area contributed by atoms with Crippen LogP contribution < -0.4 is 5.32 Å². The second kappa shape index (κ2) is 5.14. The number of esters is 1. The second-order valence-corrected chi connectivity index (χ2v) is 5.74. The molecule has 4 nitrogen and oxygen atoms in total. The van der Waals surface area contributed by atoms with E-state index in [-0.39, 0.29) is 5.76 Å². The number of carbonyl (C=O) groups excluding carboxylic acids is 1. The first-order chi connectivity index (χ1) is 8.50. The zero-order valence-corrected chi connectivity index (χ0v) is 11.3. The molecule has 1 aliphatic rings. The third kappa shape index (κ3) is 3.13. The molecule has 1 saturated carbocycles. The van der Waals surface area contributed by atoms with Gasteiger partial charge >= 0.3 is 5.97 Å². The first-order valence-electron chi connectivity index (χ1n) is 6.40. The van der Waals surface area contributed by atoms with Gasteiger partial charge in [0.1, 0.15) is 5.76 Å². The molecule has 1 unspecified atom stereocenters. The highest BCUT2D eigenvalue weighted by atomic mass is 16.5. The van der Waals surface area contributed by atoms with Gasteiger partial charge in [0.15, 0.2) is 0 Å². The Bertz CT molecular complexity index is 422. The fourth-order valence-corrected chi connectivity index (χ4v) is 2.54. The molecule has 0 bridgehead atoms. The maximum atomic E-state index is 11.2. The number of carbonyl (C=O) groups is 1. The average Bonchev–Trinajstić information content (AvgIpc) is 2.92.